The quantitative estimate of drug-likeness (QED) is 0.779. The van der Waals surface area contributed by atoms with Crippen LogP contribution in [0.3, 0.4) is 0 Å². The molecule has 20 heavy (non-hydrogen) atoms. The van der Waals surface area contributed by atoms with Gasteiger partial charge in [0.15, 0.2) is 0 Å². The minimum atomic E-state index is -0.467. The van der Waals surface area contributed by atoms with E-state index in [2.05, 4.69) is 5.10 Å². The molecule has 0 saturated carbocycles. The molecule has 1 aromatic rings. The van der Waals surface area contributed by atoms with Crippen LogP contribution in [-0.4, -0.2) is 46.3 Å². The zero-order valence-corrected chi connectivity index (χ0v) is 12.3. The van der Waals surface area contributed by atoms with Crippen molar-refractivity contribution in [2.24, 2.45) is 7.05 Å². The summed E-state index contributed by atoms with van der Waals surface area (Å²) < 4.78 is 6.46. The molecule has 0 unspecified atom stereocenters. The summed E-state index contributed by atoms with van der Waals surface area (Å²) in [5, 5.41) is 4.29. The number of hydrogen-bond donors (Lipinski definition) is 0. The average Bonchev–Trinajstić information content (AvgIpc) is 2.86. The summed E-state index contributed by atoms with van der Waals surface area (Å²) in [6.45, 7) is 2.56. The van der Waals surface area contributed by atoms with Crippen molar-refractivity contribution >= 4 is 11.9 Å². The maximum atomic E-state index is 12.7. The number of likely N-dealkylation sites (tertiary alicyclic amines) is 1. The van der Waals surface area contributed by atoms with Crippen LogP contribution in [0.4, 0.5) is 0 Å². The minimum Gasteiger partial charge on any atom is -0.467 e. The van der Waals surface area contributed by atoms with Gasteiger partial charge in [-0.2, -0.15) is 5.10 Å². The highest BCUT2D eigenvalue weighted by atomic mass is 16.5. The van der Waals surface area contributed by atoms with Gasteiger partial charge in [0.2, 0.25) is 0 Å². The van der Waals surface area contributed by atoms with E-state index in [1.165, 1.54) is 7.11 Å². The fourth-order valence-electron chi connectivity index (χ4n) is 2.68. The number of rotatable bonds is 3. The van der Waals surface area contributed by atoms with Gasteiger partial charge in [-0.3, -0.25) is 9.48 Å². The van der Waals surface area contributed by atoms with E-state index in [4.69, 9.17) is 4.74 Å². The number of carbonyl (C=O) groups is 2. The number of esters is 1. The molecule has 1 aromatic heterocycles. The van der Waals surface area contributed by atoms with Crippen LogP contribution in [0.2, 0.25) is 0 Å². The fourth-order valence-corrected chi connectivity index (χ4v) is 2.68. The molecule has 0 N–H and O–H groups in total. The number of amides is 1. The Morgan fingerprint density at radius 3 is 2.85 bits per heavy atom. The second kappa shape index (κ2) is 6.07. The molecule has 1 aliphatic rings. The Balaban J connectivity index is 2.27. The summed E-state index contributed by atoms with van der Waals surface area (Å²) in [5.74, 6) is -0.454. The Morgan fingerprint density at radius 1 is 1.45 bits per heavy atom. The van der Waals surface area contributed by atoms with Gasteiger partial charge in [-0.15, -0.1) is 0 Å². The van der Waals surface area contributed by atoms with E-state index in [9.17, 15) is 9.59 Å². The summed E-state index contributed by atoms with van der Waals surface area (Å²) in [7, 11) is 3.16. The standard InChI is InChI=1S/C14H21N3O3/c1-4-11-10(9-16(2)15-11)13(18)17-8-6-5-7-12(17)14(19)20-3/h9,12H,4-8H2,1-3H3/t12-/m1/s1. The molecule has 0 spiro atoms. The molecule has 1 atom stereocenters. The molecular formula is C14H21N3O3. The summed E-state index contributed by atoms with van der Waals surface area (Å²) >= 11 is 0. The van der Waals surface area contributed by atoms with E-state index in [0.717, 1.165) is 18.5 Å². The molecule has 1 amide bonds. The topological polar surface area (TPSA) is 64.4 Å². The molecule has 6 nitrogen and oxygen atoms in total. The number of aryl methyl sites for hydroxylation is 2. The lowest BCUT2D eigenvalue weighted by molar-refractivity contribution is -0.147. The third-order valence-electron chi connectivity index (χ3n) is 3.71. The SMILES string of the molecule is CCc1nn(C)cc1C(=O)N1CCCC[C@@H]1C(=O)OC. The zero-order chi connectivity index (χ0) is 14.7. The summed E-state index contributed by atoms with van der Waals surface area (Å²) in [6, 6.07) is -0.467. The largest absolute Gasteiger partial charge is 0.467 e. The smallest absolute Gasteiger partial charge is 0.328 e. The van der Waals surface area contributed by atoms with Gasteiger partial charge in [0, 0.05) is 19.8 Å². The fraction of sp³-hybridized carbons (Fsp3) is 0.643. The molecule has 2 heterocycles. The molecule has 0 aromatic carbocycles. The van der Waals surface area contributed by atoms with E-state index in [1.807, 2.05) is 6.92 Å². The predicted octanol–water partition coefficient (Wildman–Crippen LogP) is 1.15. The highest BCUT2D eigenvalue weighted by Gasteiger charge is 2.34. The molecule has 0 aliphatic carbocycles. The second-order valence-electron chi connectivity index (χ2n) is 5.05. The van der Waals surface area contributed by atoms with Crippen molar-refractivity contribution in [3.63, 3.8) is 0 Å². The Labute approximate surface area is 118 Å². The van der Waals surface area contributed by atoms with Crippen LogP contribution in [0, 0.1) is 0 Å². The van der Waals surface area contributed by atoms with Gasteiger partial charge in [-0.25, -0.2) is 4.79 Å². The third kappa shape index (κ3) is 2.69. The average molecular weight is 279 g/mol. The number of hydrogen-bond acceptors (Lipinski definition) is 4. The van der Waals surface area contributed by atoms with Crippen LogP contribution < -0.4 is 0 Å². The molecule has 0 bridgehead atoms. The number of piperidine rings is 1. The molecule has 110 valence electrons. The molecule has 1 saturated heterocycles. The van der Waals surface area contributed by atoms with Crippen molar-refractivity contribution in [3.8, 4) is 0 Å². The maximum absolute atomic E-state index is 12.7. The van der Waals surface area contributed by atoms with Crippen molar-refractivity contribution in [2.75, 3.05) is 13.7 Å². The summed E-state index contributed by atoms with van der Waals surface area (Å²) in [5.41, 5.74) is 1.36. The van der Waals surface area contributed by atoms with Gasteiger partial charge in [0.1, 0.15) is 6.04 Å². The first-order chi connectivity index (χ1) is 9.58. The monoisotopic (exact) mass is 279 g/mol. The van der Waals surface area contributed by atoms with Gasteiger partial charge in [0.05, 0.1) is 18.4 Å². The van der Waals surface area contributed by atoms with Gasteiger partial charge in [-0.05, 0) is 25.7 Å². The lowest BCUT2D eigenvalue weighted by atomic mass is 10.0. The lowest BCUT2D eigenvalue weighted by Crippen LogP contribution is -2.48. The number of carbonyl (C=O) groups excluding carboxylic acids is 2. The van der Waals surface area contributed by atoms with E-state index in [0.29, 0.717) is 24.9 Å². The lowest BCUT2D eigenvalue weighted by Gasteiger charge is -2.33. The molecule has 0 radical (unpaired) electrons. The first-order valence-corrected chi connectivity index (χ1v) is 6.99. The van der Waals surface area contributed by atoms with Gasteiger partial charge < -0.3 is 9.64 Å². The van der Waals surface area contributed by atoms with E-state index < -0.39 is 6.04 Å². The van der Waals surface area contributed by atoms with Crippen molar-refractivity contribution in [3.05, 3.63) is 17.5 Å². The zero-order valence-electron chi connectivity index (χ0n) is 12.3. The summed E-state index contributed by atoms with van der Waals surface area (Å²) in [4.78, 5) is 26.2. The van der Waals surface area contributed by atoms with Crippen LogP contribution in [0.15, 0.2) is 6.20 Å². The molecule has 1 fully saturated rings. The van der Waals surface area contributed by atoms with Gasteiger partial charge in [-0.1, -0.05) is 6.92 Å². The van der Waals surface area contributed by atoms with Crippen molar-refractivity contribution in [1.82, 2.24) is 14.7 Å². The highest BCUT2D eigenvalue weighted by Crippen LogP contribution is 2.22. The Morgan fingerprint density at radius 2 is 2.20 bits per heavy atom. The maximum Gasteiger partial charge on any atom is 0.328 e. The molecular weight excluding hydrogens is 258 g/mol. The third-order valence-corrected chi connectivity index (χ3v) is 3.71. The van der Waals surface area contributed by atoms with Crippen molar-refractivity contribution in [2.45, 2.75) is 38.6 Å². The Bertz CT molecular complexity index is 510. The van der Waals surface area contributed by atoms with Crippen LogP contribution in [0.25, 0.3) is 0 Å². The van der Waals surface area contributed by atoms with Crippen LogP contribution >= 0.6 is 0 Å². The van der Waals surface area contributed by atoms with Crippen LogP contribution in [0.5, 0.6) is 0 Å². The molecule has 2 rings (SSSR count). The van der Waals surface area contributed by atoms with Crippen molar-refractivity contribution < 1.29 is 14.3 Å². The minimum absolute atomic E-state index is 0.120. The first kappa shape index (κ1) is 14.6. The summed E-state index contributed by atoms with van der Waals surface area (Å²) in [6.07, 6.45) is 4.95. The highest BCUT2D eigenvalue weighted by molar-refractivity contribution is 5.97. The molecule has 6 heteroatoms. The van der Waals surface area contributed by atoms with E-state index in [-0.39, 0.29) is 11.9 Å². The van der Waals surface area contributed by atoms with E-state index >= 15 is 0 Å². The Hall–Kier alpha value is -1.85. The normalized spacial score (nSPS) is 18.9. The van der Waals surface area contributed by atoms with E-state index in [1.54, 1.807) is 22.8 Å². The van der Waals surface area contributed by atoms with Gasteiger partial charge >= 0.3 is 5.97 Å². The molecule has 1 aliphatic heterocycles. The first-order valence-electron chi connectivity index (χ1n) is 6.99. The van der Waals surface area contributed by atoms with Crippen molar-refractivity contribution in [1.29, 1.82) is 0 Å². The number of methoxy groups -OCH3 is 1. The van der Waals surface area contributed by atoms with Crippen LogP contribution in [-0.2, 0) is 23.0 Å². The number of ether oxygens (including phenoxy) is 1. The number of aromatic nitrogens is 2. The second-order valence-corrected chi connectivity index (χ2v) is 5.05. The number of nitrogens with zero attached hydrogens (tertiary/aromatic N) is 3. The van der Waals surface area contributed by atoms with Gasteiger partial charge in [0.25, 0.3) is 5.91 Å². The Kier molecular flexibility index (Phi) is 4.42. The van der Waals surface area contributed by atoms with Crippen LogP contribution in [0.1, 0.15) is 42.2 Å². The predicted molar refractivity (Wildman–Crippen MR) is 73.3 cm³/mol.